The Morgan fingerprint density at radius 1 is 1.47 bits per heavy atom. The fourth-order valence-corrected chi connectivity index (χ4v) is 1.82. The third-order valence-corrected chi connectivity index (χ3v) is 2.60. The van der Waals surface area contributed by atoms with Gasteiger partial charge in [0.05, 0.1) is 0 Å². The van der Waals surface area contributed by atoms with E-state index < -0.39 is 0 Å². The van der Waals surface area contributed by atoms with Crippen molar-refractivity contribution in [3.63, 3.8) is 0 Å². The number of rotatable bonds is 1. The van der Waals surface area contributed by atoms with Crippen LogP contribution < -0.4 is 0 Å². The smallest absolute Gasteiger partial charge is 0.297 e. The van der Waals surface area contributed by atoms with Crippen molar-refractivity contribution in [1.29, 1.82) is 0 Å². The molecule has 1 amide bonds. The summed E-state index contributed by atoms with van der Waals surface area (Å²) in [4.78, 5) is 13.3. The van der Waals surface area contributed by atoms with E-state index in [0.29, 0.717) is 12.3 Å². The number of likely N-dealkylation sites (N-methyl/N-ethyl adjacent to an activating group) is 1. The second-order valence-corrected chi connectivity index (χ2v) is 3.59. The van der Waals surface area contributed by atoms with E-state index in [2.05, 4.69) is 0 Å². The Morgan fingerprint density at radius 2 is 2.13 bits per heavy atom. The Bertz CT molecular complexity index is 393. The molecule has 2 rings (SSSR count). The van der Waals surface area contributed by atoms with Gasteiger partial charge < -0.3 is 4.74 Å². The Morgan fingerprint density at radius 3 is 2.67 bits per heavy atom. The van der Waals surface area contributed by atoms with Crippen molar-refractivity contribution in [3.05, 3.63) is 35.6 Å². The van der Waals surface area contributed by atoms with Crippen molar-refractivity contribution in [2.45, 2.75) is 13.3 Å². The lowest BCUT2D eigenvalue weighted by Gasteiger charge is -2.06. The van der Waals surface area contributed by atoms with Gasteiger partial charge >= 0.3 is 0 Å². The number of hydrogen-bond acceptors (Lipinski definition) is 3. The second kappa shape index (κ2) is 3.98. The largest absolute Gasteiger partial charge is 0.425 e. The Labute approximate surface area is 93.7 Å². The molecule has 0 unspecified atom stereocenters. The van der Waals surface area contributed by atoms with Crippen LogP contribution in [-0.4, -0.2) is 22.5 Å². The molecule has 3 nitrogen and oxygen atoms in total. The molecule has 0 aromatic carbocycles. The fourth-order valence-electron chi connectivity index (χ4n) is 1.52. The van der Waals surface area contributed by atoms with E-state index in [4.69, 9.17) is 17.0 Å². The summed E-state index contributed by atoms with van der Waals surface area (Å²) in [5.41, 5.74) is 0.796. The van der Waals surface area contributed by atoms with Crippen LogP contribution >= 0.6 is 12.2 Å². The van der Waals surface area contributed by atoms with E-state index in [-0.39, 0.29) is 11.1 Å². The molecular formula is C11H11NO2S. The maximum atomic E-state index is 11.8. The molecular weight excluding hydrogens is 210 g/mol. The lowest BCUT2D eigenvalue weighted by molar-refractivity contribution is -0.122. The van der Waals surface area contributed by atoms with Crippen molar-refractivity contribution >= 4 is 23.3 Å². The number of carbonyl (C=O) groups is 1. The molecule has 0 saturated carbocycles. The van der Waals surface area contributed by atoms with Gasteiger partial charge in [-0.15, -0.1) is 0 Å². The van der Waals surface area contributed by atoms with Gasteiger partial charge in [-0.05, 0) is 25.6 Å². The highest BCUT2D eigenvalue weighted by Gasteiger charge is 2.33. The maximum absolute atomic E-state index is 11.8. The van der Waals surface area contributed by atoms with Gasteiger partial charge in [-0.1, -0.05) is 24.3 Å². The summed E-state index contributed by atoms with van der Waals surface area (Å²) in [6, 6.07) is 0. The first-order chi connectivity index (χ1) is 7.24. The van der Waals surface area contributed by atoms with Crippen molar-refractivity contribution in [3.8, 4) is 0 Å². The average molecular weight is 221 g/mol. The molecule has 0 atom stereocenters. The molecule has 2 aliphatic rings. The van der Waals surface area contributed by atoms with Crippen molar-refractivity contribution in [2.75, 3.05) is 6.54 Å². The molecule has 0 aromatic rings. The zero-order chi connectivity index (χ0) is 10.8. The van der Waals surface area contributed by atoms with E-state index in [1.165, 1.54) is 4.90 Å². The molecule has 1 aliphatic heterocycles. The van der Waals surface area contributed by atoms with Crippen LogP contribution in [0.4, 0.5) is 0 Å². The van der Waals surface area contributed by atoms with E-state index in [0.717, 1.165) is 12.0 Å². The molecule has 78 valence electrons. The van der Waals surface area contributed by atoms with E-state index in [9.17, 15) is 4.79 Å². The van der Waals surface area contributed by atoms with E-state index >= 15 is 0 Å². The van der Waals surface area contributed by atoms with Crippen molar-refractivity contribution < 1.29 is 9.53 Å². The summed E-state index contributed by atoms with van der Waals surface area (Å²) >= 11 is 4.96. The highest BCUT2D eigenvalue weighted by molar-refractivity contribution is 7.80. The van der Waals surface area contributed by atoms with Crippen molar-refractivity contribution in [2.24, 2.45) is 0 Å². The highest BCUT2D eigenvalue weighted by atomic mass is 32.1. The van der Waals surface area contributed by atoms with E-state index in [1.807, 2.05) is 31.2 Å². The SMILES string of the molecule is CCN1C(=O)C(=C2C=CCC=C2)OC1=S. The minimum absolute atomic E-state index is 0.145. The standard InChI is InChI=1S/C11H11NO2S/c1-2-12-10(13)9(14-11(12)15)8-6-4-3-5-7-8/h4-7H,2-3H2,1H3. The summed E-state index contributed by atoms with van der Waals surface area (Å²) in [5.74, 6) is 0.197. The van der Waals surface area contributed by atoms with Gasteiger partial charge in [-0.2, -0.15) is 0 Å². The fraction of sp³-hybridized carbons (Fsp3) is 0.273. The third kappa shape index (κ3) is 1.72. The van der Waals surface area contributed by atoms with Gasteiger partial charge in [0.2, 0.25) is 5.76 Å². The Balaban J connectivity index is 2.36. The summed E-state index contributed by atoms with van der Waals surface area (Å²) in [6.45, 7) is 2.41. The number of hydrogen-bond donors (Lipinski definition) is 0. The number of carbonyl (C=O) groups excluding carboxylic acids is 1. The van der Waals surface area contributed by atoms with Crippen LogP contribution in [0.1, 0.15) is 13.3 Å². The third-order valence-electron chi connectivity index (χ3n) is 2.29. The quantitative estimate of drug-likeness (QED) is 0.500. The first-order valence-corrected chi connectivity index (χ1v) is 5.26. The Hall–Kier alpha value is -1.42. The zero-order valence-electron chi connectivity index (χ0n) is 8.40. The molecule has 0 bridgehead atoms. The topological polar surface area (TPSA) is 29.5 Å². The summed E-state index contributed by atoms with van der Waals surface area (Å²) in [7, 11) is 0. The number of thiocarbonyl (C=S) groups is 1. The van der Waals surface area contributed by atoms with Crippen LogP contribution in [0.15, 0.2) is 35.6 Å². The first kappa shape index (κ1) is 10.1. The van der Waals surface area contributed by atoms with E-state index in [1.54, 1.807) is 0 Å². The monoisotopic (exact) mass is 221 g/mol. The molecule has 0 aromatic heterocycles. The summed E-state index contributed by atoms with van der Waals surface area (Å²) in [6.07, 6.45) is 8.63. The average Bonchev–Trinajstić information content (AvgIpc) is 2.55. The number of ether oxygens (including phenoxy) is 1. The Kier molecular flexibility index (Phi) is 2.68. The minimum atomic E-state index is -0.145. The van der Waals surface area contributed by atoms with Crippen LogP contribution in [0.25, 0.3) is 0 Å². The molecule has 1 aliphatic carbocycles. The lowest BCUT2D eigenvalue weighted by atomic mass is 10.1. The minimum Gasteiger partial charge on any atom is -0.425 e. The van der Waals surface area contributed by atoms with Gasteiger partial charge in [0, 0.05) is 12.1 Å². The molecule has 4 heteroatoms. The van der Waals surface area contributed by atoms with Crippen molar-refractivity contribution in [1.82, 2.24) is 4.90 Å². The van der Waals surface area contributed by atoms with Crippen LogP contribution in [0.5, 0.6) is 0 Å². The molecule has 0 N–H and O–H groups in total. The van der Waals surface area contributed by atoms with Gasteiger partial charge in [-0.25, -0.2) is 0 Å². The molecule has 0 radical (unpaired) electrons. The maximum Gasteiger partial charge on any atom is 0.297 e. The molecule has 15 heavy (non-hydrogen) atoms. The van der Waals surface area contributed by atoms with Crippen LogP contribution in [0.2, 0.25) is 0 Å². The summed E-state index contributed by atoms with van der Waals surface area (Å²) in [5, 5.41) is 0.248. The number of allylic oxidation sites excluding steroid dienone is 5. The van der Waals surface area contributed by atoms with Crippen LogP contribution in [-0.2, 0) is 9.53 Å². The lowest BCUT2D eigenvalue weighted by Crippen LogP contribution is -2.28. The molecule has 1 fully saturated rings. The second-order valence-electron chi connectivity index (χ2n) is 3.24. The molecule has 1 heterocycles. The predicted molar refractivity (Wildman–Crippen MR) is 61.0 cm³/mol. The van der Waals surface area contributed by atoms with Crippen LogP contribution in [0, 0.1) is 0 Å². The van der Waals surface area contributed by atoms with Crippen LogP contribution in [0.3, 0.4) is 0 Å². The van der Waals surface area contributed by atoms with Gasteiger partial charge in [0.15, 0.2) is 0 Å². The van der Waals surface area contributed by atoms with Gasteiger partial charge in [0.1, 0.15) is 0 Å². The van der Waals surface area contributed by atoms with Gasteiger partial charge in [0.25, 0.3) is 11.1 Å². The first-order valence-electron chi connectivity index (χ1n) is 4.85. The normalized spacial score (nSPS) is 20.2. The highest BCUT2D eigenvalue weighted by Crippen LogP contribution is 2.23. The molecule has 0 spiro atoms. The zero-order valence-corrected chi connectivity index (χ0v) is 9.21. The summed E-state index contributed by atoms with van der Waals surface area (Å²) < 4.78 is 5.30. The number of amides is 1. The number of nitrogens with zero attached hydrogens (tertiary/aromatic N) is 1. The van der Waals surface area contributed by atoms with Gasteiger partial charge in [-0.3, -0.25) is 9.69 Å². The molecule has 1 saturated heterocycles. The predicted octanol–water partition coefficient (Wildman–Crippen LogP) is 1.92.